The molecule has 3 heterocycles. The van der Waals surface area contributed by atoms with Crippen molar-refractivity contribution in [2.24, 2.45) is 0 Å². The first-order valence-corrected chi connectivity index (χ1v) is 10.0. The molecule has 0 aliphatic carbocycles. The summed E-state index contributed by atoms with van der Waals surface area (Å²) >= 11 is 0. The van der Waals surface area contributed by atoms with Gasteiger partial charge in [-0.2, -0.15) is 0 Å². The minimum absolute atomic E-state index is 0.0939. The van der Waals surface area contributed by atoms with Crippen LogP contribution in [-0.4, -0.2) is 24.7 Å². The first-order chi connectivity index (χ1) is 15.0. The lowest BCUT2D eigenvalue weighted by molar-refractivity contribution is 0.286. The first kappa shape index (κ1) is 20.4. The van der Waals surface area contributed by atoms with E-state index in [2.05, 4.69) is 10.3 Å². The molecule has 9 nitrogen and oxygen atoms in total. The van der Waals surface area contributed by atoms with Crippen LogP contribution in [0.15, 0.2) is 62.8 Å². The number of aromatic nitrogens is 4. The highest BCUT2D eigenvalue weighted by atomic mass is 16.5. The fraction of sp³-hybridized carbons (Fsp3) is 0.273. The molecule has 0 saturated carbocycles. The molecule has 0 saturated heterocycles. The van der Waals surface area contributed by atoms with Crippen molar-refractivity contribution in [2.75, 3.05) is 0 Å². The van der Waals surface area contributed by atoms with Crippen molar-refractivity contribution in [3.8, 4) is 11.5 Å². The Balaban J connectivity index is 1.35. The predicted molar refractivity (Wildman–Crippen MR) is 113 cm³/mol. The maximum absolute atomic E-state index is 12.1. The Morgan fingerprint density at radius 2 is 2.00 bits per heavy atom. The van der Waals surface area contributed by atoms with E-state index in [1.165, 1.54) is 6.07 Å². The number of nitrogens with zero attached hydrogens (tertiary/aromatic N) is 4. The van der Waals surface area contributed by atoms with Crippen LogP contribution < -0.4 is 15.8 Å². The third-order valence-electron chi connectivity index (χ3n) is 4.95. The van der Waals surface area contributed by atoms with E-state index in [1.807, 2.05) is 23.6 Å². The van der Waals surface area contributed by atoms with E-state index < -0.39 is 5.63 Å². The van der Waals surface area contributed by atoms with E-state index in [4.69, 9.17) is 9.15 Å². The van der Waals surface area contributed by atoms with E-state index in [9.17, 15) is 14.7 Å². The second kappa shape index (κ2) is 8.86. The van der Waals surface area contributed by atoms with Gasteiger partial charge in [0.05, 0.1) is 11.9 Å². The summed E-state index contributed by atoms with van der Waals surface area (Å²) in [7, 11) is 0. The van der Waals surface area contributed by atoms with Gasteiger partial charge in [-0.15, -0.1) is 5.10 Å². The van der Waals surface area contributed by atoms with E-state index in [0.717, 1.165) is 11.8 Å². The Hall–Kier alpha value is -3.88. The second-order valence-corrected chi connectivity index (χ2v) is 7.07. The van der Waals surface area contributed by atoms with Crippen LogP contribution in [0.5, 0.6) is 11.5 Å². The molecule has 1 N–H and O–H groups in total. The quantitative estimate of drug-likeness (QED) is 0.434. The Bertz CT molecular complexity index is 1320. The Morgan fingerprint density at radius 3 is 2.84 bits per heavy atom. The van der Waals surface area contributed by atoms with Crippen LogP contribution in [0.1, 0.15) is 24.7 Å². The Labute approximate surface area is 177 Å². The van der Waals surface area contributed by atoms with E-state index in [1.54, 1.807) is 35.3 Å². The first-order valence-electron chi connectivity index (χ1n) is 10.0. The van der Waals surface area contributed by atoms with Crippen molar-refractivity contribution in [3.63, 3.8) is 0 Å². The van der Waals surface area contributed by atoms with Crippen LogP contribution in [0.4, 0.5) is 0 Å². The maximum atomic E-state index is 12.1. The summed E-state index contributed by atoms with van der Waals surface area (Å²) in [6.45, 7) is 3.21. The number of hydrogen-bond acceptors (Lipinski definition) is 7. The molecular weight excluding hydrogens is 400 g/mol. The number of para-hydroxylation sites is 1. The molecule has 4 rings (SSSR count). The number of aryl methyl sites for hydroxylation is 2. The van der Waals surface area contributed by atoms with Crippen LogP contribution in [-0.2, 0) is 26.1 Å². The van der Waals surface area contributed by atoms with Gasteiger partial charge in [-0.1, -0.05) is 30.3 Å². The van der Waals surface area contributed by atoms with Gasteiger partial charge in [0, 0.05) is 30.7 Å². The van der Waals surface area contributed by atoms with Gasteiger partial charge < -0.3 is 18.8 Å². The van der Waals surface area contributed by atoms with Crippen LogP contribution in [0.2, 0.25) is 0 Å². The third-order valence-corrected chi connectivity index (χ3v) is 4.95. The molecule has 0 bridgehead atoms. The molecule has 0 atom stereocenters. The molecular formula is C22H22N4O5. The summed E-state index contributed by atoms with van der Waals surface area (Å²) in [4.78, 5) is 23.6. The lowest BCUT2D eigenvalue weighted by Gasteiger charge is -2.13. The lowest BCUT2D eigenvalue weighted by atomic mass is 10.2. The molecule has 0 radical (unpaired) electrons. The van der Waals surface area contributed by atoms with E-state index >= 15 is 0 Å². The zero-order valence-corrected chi connectivity index (χ0v) is 17.0. The summed E-state index contributed by atoms with van der Waals surface area (Å²) < 4.78 is 14.4. The van der Waals surface area contributed by atoms with Gasteiger partial charge in [0.1, 0.15) is 17.9 Å². The largest absolute Gasteiger partial charge is 0.503 e. The van der Waals surface area contributed by atoms with Gasteiger partial charge in [0.2, 0.25) is 11.2 Å². The maximum Gasteiger partial charge on any atom is 0.379 e. The van der Waals surface area contributed by atoms with E-state index in [0.29, 0.717) is 36.5 Å². The van der Waals surface area contributed by atoms with Crippen LogP contribution >= 0.6 is 0 Å². The number of hydrogen-bond donors (Lipinski definition) is 1. The Morgan fingerprint density at radius 1 is 1.16 bits per heavy atom. The number of rotatable bonds is 8. The highest BCUT2D eigenvalue weighted by Crippen LogP contribution is 2.17. The van der Waals surface area contributed by atoms with Gasteiger partial charge in [-0.3, -0.25) is 9.48 Å². The van der Waals surface area contributed by atoms with Crippen molar-refractivity contribution in [1.29, 1.82) is 0 Å². The fourth-order valence-electron chi connectivity index (χ4n) is 3.40. The smallest absolute Gasteiger partial charge is 0.379 e. The van der Waals surface area contributed by atoms with Gasteiger partial charge >= 0.3 is 5.63 Å². The second-order valence-electron chi connectivity index (χ2n) is 7.07. The average Bonchev–Trinajstić information content (AvgIpc) is 3.22. The van der Waals surface area contributed by atoms with Gasteiger partial charge in [0.25, 0.3) is 0 Å². The summed E-state index contributed by atoms with van der Waals surface area (Å²) in [6, 6.07) is 10.2. The molecule has 0 amide bonds. The Kier molecular flexibility index (Phi) is 5.83. The minimum Gasteiger partial charge on any atom is -0.503 e. The minimum atomic E-state index is -0.540. The van der Waals surface area contributed by atoms with Crippen molar-refractivity contribution in [1.82, 2.24) is 19.6 Å². The van der Waals surface area contributed by atoms with E-state index in [-0.39, 0.29) is 23.5 Å². The molecule has 3 aromatic heterocycles. The number of fused-ring (bicyclic) bond motifs is 1. The standard InChI is InChI=1S/C22H22N4O5/c1-2-17-21(28)18(27)8-11-25(17)9-5-10-26-13-16(23-24-26)14-30-20-12-15-6-3-4-7-19(15)31-22(20)29/h3-4,6-8,11-13,28H,2,5,9-10,14H2,1H3. The van der Waals surface area contributed by atoms with Crippen LogP contribution in [0.3, 0.4) is 0 Å². The number of ether oxygens (including phenoxy) is 1. The average molecular weight is 422 g/mol. The zero-order valence-electron chi connectivity index (χ0n) is 17.0. The molecule has 160 valence electrons. The van der Waals surface area contributed by atoms with Crippen molar-refractivity contribution < 1.29 is 14.3 Å². The third kappa shape index (κ3) is 4.50. The zero-order chi connectivity index (χ0) is 21.8. The predicted octanol–water partition coefficient (Wildman–Crippen LogP) is 2.48. The summed E-state index contributed by atoms with van der Waals surface area (Å²) in [6.07, 6.45) is 4.74. The molecule has 4 aromatic rings. The summed E-state index contributed by atoms with van der Waals surface area (Å²) in [5.74, 6) is -0.0678. The number of pyridine rings is 1. The topological polar surface area (TPSA) is 112 Å². The van der Waals surface area contributed by atoms with Crippen molar-refractivity contribution in [2.45, 2.75) is 39.5 Å². The monoisotopic (exact) mass is 422 g/mol. The SMILES string of the molecule is CCc1c(O)c(=O)ccn1CCCn1cc(COc2cc3ccccc3oc2=O)nn1. The molecule has 0 spiro atoms. The van der Waals surface area contributed by atoms with Gasteiger partial charge in [-0.05, 0) is 25.0 Å². The normalized spacial score (nSPS) is 11.1. The molecule has 0 aliphatic rings. The highest BCUT2D eigenvalue weighted by Gasteiger charge is 2.10. The summed E-state index contributed by atoms with van der Waals surface area (Å²) in [5, 5.41) is 18.9. The highest BCUT2D eigenvalue weighted by molar-refractivity contribution is 5.77. The number of aromatic hydroxyl groups is 1. The summed E-state index contributed by atoms with van der Waals surface area (Å²) in [5.41, 5.74) is 0.807. The van der Waals surface area contributed by atoms with Crippen molar-refractivity contribution >= 4 is 11.0 Å². The number of benzene rings is 1. The molecule has 31 heavy (non-hydrogen) atoms. The van der Waals surface area contributed by atoms with Crippen molar-refractivity contribution in [3.05, 3.63) is 80.8 Å². The van der Waals surface area contributed by atoms with Crippen LogP contribution in [0, 0.1) is 0 Å². The molecule has 0 fully saturated rings. The molecule has 0 aliphatic heterocycles. The lowest BCUT2D eigenvalue weighted by Crippen LogP contribution is -2.13. The van der Waals surface area contributed by atoms with Gasteiger partial charge in [-0.25, -0.2) is 4.79 Å². The molecule has 0 unspecified atom stereocenters. The molecule has 9 heteroatoms. The molecule has 1 aromatic carbocycles. The van der Waals surface area contributed by atoms with Gasteiger partial charge in [0.15, 0.2) is 5.75 Å². The van der Waals surface area contributed by atoms with Crippen LogP contribution in [0.25, 0.3) is 11.0 Å². The fourth-order valence-corrected chi connectivity index (χ4v) is 3.40.